The maximum atomic E-state index is 12.1. The fraction of sp³-hybridized carbons (Fsp3) is 0.471. The fourth-order valence-electron chi connectivity index (χ4n) is 2.53. The van der Waals surface area contributed by atoms with Gasteiger partial charge in [0, 0.05) is 18.8 Å². The number of phenols is 1. The predicted octanol–water partition coefficient (Wildman–Crippen LogP) is 2.28. The maximum absolute atomic E-state index is 12.1. The molecule has 1 fully saturated rings. The largest absolute Gasteiger partial charge is 0.508 e. The molecular formula is C17H19F3N2O6. The lowest BCUT2D eigenvalue weighted by molar-refractivity contribution is -0.163. The summed E-state index contributed by atoms with van der Waals surface area (Å²) in [4.78, 5) is 36.4. The van der Waals surface area contributed by atoms with E-state index in [-0.39, 0.29) is 31.7 Å². The van der Waals surface area contributed by atoms with E-state index < -0.39 is 43.3 Å². The van der Waals surface area contributed by atoms with Gasteiger partial charge in [-0.25, -0.2) is 4.79 Å². The summed E-state index contributed by atoms with van der Waals surface area (Å²) < 4.78 is 45.3. The van der Waals surface area contributed by atoms with Crippen molar-refractivity contribution in [3.63, 3.8) is 0 Å². The van der Waals surface area contributed by atoms with Crippen LogP contribution in [-0.4, -0.2) is 60.5 Å². The van der Waals surface area contributed by atoms with Gasteiger partial charge in [0.2, 0.25) is 0 Å². The number of anilines is 1. The van der Waals surface area contributed by atoms with Gasteiger partial charge >= 0.3 is 18.2 Å². The molecule has 0 bridgehead atoms. The minimum absolute atomic E-state index is 0.0399. The molecule has 0 unspecified atom stereocenters. The highest BCUT2D eigenvalue weighted by Crippen LogP contribution is 2.21. The van der Waals surface area contributed by atoms with Gasteiger partial charge < -0.3 is 24.8 Å². The molecule has 0 saturated carbocycles. The minimum atomic E-state index is -4.60. The zero-order valence-corrected chi connectivity index (χ0v) is 14.7. The second-order valence-corrected chi connectivity index (χ2v) is 6.13. The Morgan fingerprint density at radius 1 is 1.11 bits per heavy atom. The summed E-state index contributed by atoms with van der Waals surface area (Å²) in [6.07, 6.45) is -5.30. The van der Waals surface area contributed by atoms with Gasteiger partial charge in [-0.3, -0.25) is 9.59 Å². The third-order valence-corrected chi connectivity index (χ3v) is 3.94. The summed E-state index contributed by atoms with van der Waals surface area (Å²) in [7, 11) is 0. The van der Waals surface area contributed by atoms with Crippen molar-refractivity contribution in [2.75, 3.05) is 31.6 Å². The molecule has 1 aromatic rings. The van der Waals surface area contributed by atoms with Crippen LogP contribution < -0.4 is 5.32 Å². The topological polar surface area (TPSA) is 105 Å². The zero-order chi connectivity index (χ0) is 20.7. The number of piperidine rings is 1. The van der Waals surface area contributed by atoms with Crippen LogP contribution in [0.15, 0.2) is 24.3 Å². The van der Waals surface area contributed by atoms with E-state index in [0.29, 0.717) is 5.69 Å². The van der Waals surface area contributed by atoms with Crippen molar-refractivity contribution < 1.29 is 42.1 Å². The smallest absolute Gasteiger partial charge is 0.422 e. The standard InChI is InChI=1S/C17H19F3N2O6/c18-17(19,20)10-28-16(26)22-7-5-11(6-8-22)15(25)27-9-14(24)21-12-1-3-13(23)4-2-12/h1-4,11,23H,5-10H2,(H,21,24). The Balaban J connectivity index is 1.69. The summed E-state index contributed by atoms with van der Waals surface area (Å²) in [6, 6.07) is 5.72. The average Bonchev–Trinajstić information content (AvgIpc) is 2.65. The molecule has 28 heavy (non-hydrogen) atoms. The number of carbonyl (C=O) groups excluding carboxylic acids is 3. The van der Waals surface area contributed by atoms with Gasteiger partial charge in [0.1, 0.15) is 5.75 Å². The summed E-state index contributed by atoms with van der Waals surface area (Å²) in [5, 5.41) is 11.7. The van der Waals surface area contributed by atoms with E-state index in [9.17, 15) is 27.6 Å². The Bertz CT molecular complexity index is 700. The molecule has 1 aliphatic rings. The molecule has 11 heteroatoms. The third kappa shape index (κ3) is 6.97. The average molecular weight is 404 g/mol. The molecule has 1 aromatic carbocycles. The number of benzene rings is 1. The van der Waals surface area contributed by atoms with Gasteiger partial charge in [-0.2, -0.15) is 13.2 Å². The van der Waals surface area contributed by atoms with Crippen LogP contribution in [-0.2, 0) is 19.1 Å². The lowest BCUT2D eigenvalue weighted by Gasteiger charge is -2.30. The van der Waals surface area contributed by atoms with Crippen LogP contribution in [0.2, 0.25) is 0 Å². The summed E-state index contributed by atoms with van der Waals surface area (Å²) in [5.41, 5.74) is 0.421. The van der Waals surface area contributed by atoms with Crippen LogP contribution in [0.25, 0.3) is 0 Å². The summed E-state index contributed by atoms with van der Waals surface area (Å²) >= 11 is 0. The van der Waals surface area contributed by atoms with E-state index in [0.717, 1.165) is 4.90 Å². The van der Waals surface area contributed by atoms with E-state index >= 15 is 0 Å². The molecule has 2 rings (SSSR count). The number of carbonyl (C=O) groups is 3. The van der Waals surface area contributed by atoms with Gasteiger partial charge in [0.05, 0.1) is 5.92 Å². The highest BCUT2D eigenvalue weighted by molar-refractivity contribution is 5.92. The Hall–Kier alpha value is -2.98. The Kier molecular flexibility index (Phi) is 7.07. The van der Waals surface area contributed by atoms with Crippen molar-refractivity contribution in [3.8, 4) is 5.75 Å². The quantitative estimate of drug-likeness (QED) is 0.576. The van der Waals surface area contributed by atoms with Gasteiger partial charge in [-0.1, -0.05) is 0 Å². The molecule has 0 atom stereocenters. The molecule has 1 heterocycles. The van der Waals surface area contributed by atoms with Crippen molar-refractivity contribution in [2.24, 2.45) is 5.92 Å². The first-order valence-corrected chi connectivity index (χ1v) is 8.38. The number of hydrogen-bond donors (Lipinski definition) is 2. The van der Waals surface area contributed by atoms with Crippen LogP contribution in [0, 0.1) is 5.92 Å². The van der Waals surface area contributed by atoms with E-state index in [4.69, 9.17) is 9.84 Å². The number of amides is 2. The number of halogens is 3. The highest BCUT2D eigenvalue weighted by Gasteiger charge is 2.33. The number of ether oxygens (including phenoxy) is 2. The first-order valence-electron chi connectivity index (χ1n) is 8.38. The number of nitrogens with one attached hydrogen (secondary N) is 1. The van der Waals surface area contributed by atoms with Gasteiger partial charge in [0.15, 0.2) is 13.2 Å². The van der Waals surface area contributed by atoms with E-state index in [1.807, 2.05) is 0 Å². The number of esters is 1. The molecule has 0 spiro atoms. The van der Waals surface area contributed by atoms with Crippen LogP contribution >= 0.6 is 0 Å². The van der Waals surface area contributed by atoms with E-state index in [1.54, 1.807) is 0 Å². The molecule has 0 aliphatic carbocycles. The van der Waals surface area contributed by atoms with Crippen molar-refractivity contribution in [2.45, 2.75) is 19.0 Å². The lowest BCUT2D eigenvalue weighted by Crippen LogP contribution is -2.42. The summed E-state index contributed by atoms with van der Waals surface area (Å²) in [5.74, 6) is -1.71. The number of alkyl halides is 3. The first-order chi connectivity index (χ1) is 13.1. The first kappa shape index (κ1) is 21.3. The molecule has 2 amide bonds. The number of hydrogen-bond acceptors (Lipinski definition) is 6. The number of rotatable bonds is 5. The van der Waals surface area contributed by atoms with Crippen LogP contribution in [0.4, 0.5) is 23.7 Å². The molecular weight excluding hydrogens is 385 g/mol. The van der Waals surface area contributed by atoms with Crippen molar-refractivity contribution >= 4 is 23.7 Å². The number of phenolic OH excluding ortho intramolecular Hbond substituents is 1. The zero-order valence-electron chi connectivity index (χ0n) is 14.7. The number of aromatic hydroxyl groups is 1. The lowest BCUT2D eigenvalue weighted by atomic mass is 9.97. The fourth-order valence-corrected chi connectivity index (χ4v) is 2.53. The van der Waals surface area contributed by atoms with Crippen LogP contribution in [0.5, 0.6) is 5.75 Å². The van der Waals surface area contributed by atoms with Crippen molar-refractivity contribution in [3.05, 3.63) is 24.3 Å². The SMILES string of the molecule is O=C(COC(=O)C1CCN(C(=O)OCC(F)(F)F)CC1)Nc1ccc(O)cc1. The monoisotopic (exact) mass is 404 g/mol. The Labute approximate surface area is 158 Å². The third-order valence-electron chi connectivity index (χ3n) is 3.94. The molecule has 8 nitrogen and oxygen atoms in total. The van der Waals surface area contributed by atoms with Gasteiger partial charge in [-0.05, 0) is 37.1 Å². The predicted molar refractivity (Wildman–Crippen MR) is 89.4 cm³/mol. The normalized spacial score (nSPS) is 15.0. The molecule has 0 aromatic heterocycles. The van der Waals surface area contributed by atoms with Crippen LogP contribution in [0.1, 0.15) is 12.8 Å². The minimum Gasteiger partial charge on any atom is -0.508 e. The summed E-state index contributed by atoms with van der Waals surface area (Å²) in [6.45, 7) is -2.07. The van der Waals surface area contributed by atoms with Gasteiger partial charge in [-0.15, -0.1) is 0 Å². The molecule has 0 radical (unpaired) electrons. The number of likely N-dealkylation sites (tertiary alicyclic amines) is 1. The molecule has 2 N–H and O–H groups in total. The van der Waals surface area contributed by atoms with Crippen molar-refractivity contribution in [1.29, 1.82) is 0 Å². The highest BCUT2D eigenvalue weighted by atomic mass is 19.4. The van der Waals surface area contributed by atoms with Crippen molar-refractivity contribution in [1.82, 2.24) is 4.90 Å². The molecule has 154 valence electrons. The second kappa shape index (κ2) is 9.29. The second-order valence-electron chi connectivity index (χ2n) is 6.13. The van der Waals surface area contributed by atoms with E-state index in [2.05, 4.69) is 10.1 Å². The van der Waals surface area contributed by atoms with Crippen LogP contribution in [0.3, 0.4) is 0 Å². The van der Waals surface area contributed by atoms with Gasteiger partial charge in [0.25, 0.3) is 5.91 Å². The molecule has 1 aliphatic heterocycles. The Morgan fingerprint density at radius 2 is 1.71 bits per heavy atom. The maximum Gasteiger partial charge on any atom is 0.422 e. The van der Waals surface area contributed by atoms with E-state index in [1.165, 1.54) is 24.3 Å². The molecule has 1 saturated heterocycles. The number of nitrogens with zero attached hydrogens (tertiary/aromatic N) is 1. The Morgan fingerprint density at radius 3 is 2.29 bits per heavy atom.